The number of halogens is 2. The maximum atomic E-state index is 11.8. The van der Waals surface area contributed by atoms with Crippen LogP contribution in [-0.2, 0) is 11.4 Å². The van der Waals surface area contributed by atoms with Crippen LogP contribution in [0.5, 0.6) is 0 Å². The van der Waals surface area contributed by atoms with E-state index in [1.807, 2.05) is 24.3 Å². The quantitative estimate of drug-likeness (QED) is 0.290. The number of carbonyl (C=O) groups excluding carboxylic acids is 1. The summed E-state index contributed by atoms with van der Waals surface area (Å²) >= 11 is 11.9. The lowest BCUT2D eigenvalue weighted by atomic mass is 10.1. The fourth-order valence-corrected chi connectivity index (χ4v) is 2.59. The second kappa shape index (κ2) is 8.57. The lowest BCUT2D eigenvalue weighted by molar-refractivity contribution is 0.166. The Kier molecular flexibility index (Phi) is 5.95. The number of benzene rings is 2. The topological polar surface area (TPSA) is 94.5 Å². The largest absolute Gasteiger partial charge is 0.437 e. The van der Waals surface area contributed by atoms with Crippen LogP contribution in [-0.4, -0.2) is 21.5 Å². The van der Waals surface area contributed by atoms with E-state index in [0.29, 0.717) is 22.9 Å². The molecule has 0 aliphatic rings. The van der Waals surface area contributed by atoms with Crippen molar-refractivity contribution >= 4 is 40.8 Å². The normalized spacial score (nSPS) is 11.3. The molecule has 1 heterocycles. The molecule has 3 N–H and O–H groups in total. The van der Waals surface area contributed by atoms with E-state index < -0.39 is 6.09 Å². The minimum atomic E-state index is -0.736. The SMILES string of the molecule is NC(=NOC(=O)Nc1ccccc1)c1cccc(Cn2cnc(Cl)c2Cl)c1. The minimum absolute atomic E-state index is 0.0647. The van der Waals surface area contributed by atoms with Gasteiger partial charge in [-0.05, 0) is 23.8 Å². The molecule has 0 aliphatic heterocycles. The molecule has 0 bridgehead atoms. The average molecular weight is 404 g/mol. The summed E-state index contributed by atoms with van der Waals surface area (Å²) < 4.78 is 1.69. The molecule has 7 nitrogen and oxygen atoms in total. The minimum Gasteiger partial charge on any atom is -0.380 e. The molecule has 0 atom stereocenters. The highest BCUT2D eigenvalue weighted by Crippen LogP contribution is 2.21. The number of hydrogen-bond acceptors (Lipinski definition) is 4. The number of para-hydroxylation sites is 1. The molecule has 2 aromatic carbocycles. The fraction of sp³-hybridized carbons (Fsp3) is 0.0556. The van der Waals surface area contributed by atoms with Gasteiger partial charge in [0.2, 0.25) is 0 Å². The molecule has 0 unspecified atom stereocenters. The summed E-state index contributed by atoms with van der Waals surface area (Å²) in [4.78, 5) is 20.5. The number of aromatic nitrogens is 2. The van der Waals surface area contributed by atoms with E-state index >= 15 is 0 Å². The first-order chi connectivity index (χ1) is 13.0. The summed E-state index contributed by atoms with van der Waals surface area (Å²) in [7, 11) is 0. The van der Waals surface area contributed by atoms with E-state index in [9.17, 15) is 4.79 Å². The first-order valence-electron chi connectivity index (χ1n) is 7.85. The van der Waals surface area contributed by atoms with E-state index in [-0.39, 0.29) is 11.0 Å². The van der Waals surface area contributed by atoms with Gasteiger partial charge in [0.25, 0.3) is 0 Å². The highest BCUT2D eigenvalue weighted by Gasteiger charge is 2.08. The molecule has 0 radical (unpaired) electrons. The van der Waals surface area contributed by atoms with E-state index in [0.717, 1.165) is 5.56 Å². The van der Waals surface area contributed by atoms with Crippen molar-refractivity contribution in [1.29, 1.82) is 0 Å². The standard InChI is InChI=1S/C18H15Cl2N5O2/c19-15-16(20)25(11-22-15)10-12-5-4-6-13(9-12)17(21)24-27-18(26)23-14-7-2-1-3-8-14/h1-9,11H,10H2,(H2,21,24)(H,23,26). The fourth-order valence-electron chi connectivity index (χ4n) is 2.28. The number of nitrogens with one attached hydrogen (secondary N) is 1. The van der Waals surface area contributed by atoms with Crippen molar-refractivity contribution in [3.8, 4) is 0 Å². The van der Waals surface area contributed by atoms with Gasteiger partial charge in [-0.1, -0.05) is 64.8 Å². The van der Waals surface area contributed by atoms with Gasteiger partial charge in [0.1, 0.15) is 5.15 Å². The molecule has 0 spiro atoms. The summed E-state index contributed by atoms with van der Waals surface area (Å²) in [6, 6.07) is 16.1. The van der Waals surface area contributed by atoms with Crippen LogP contribution >= 0.6 is 23.2 Å². The van der Waals surface area contributed by atoms with Crippen molar-refractivity contribution in [2.45, 2.75) is 6.54 Å². The van der Waals surface area contributed by atoms with Gasteiger partial charge in [-0.25, -0.2) is 9.78 Å². The number of anilines is 1. The number of nitrogens with zero attached hydrogens (tertiary/aromatic N) is 3. The van der Waals surface area contributed by atoms with Crippen LogP contribution in [0.4, 0.5) is 10.5 Å². The van der Waals surface area contributed by atoms with Gasteiger partial charge in [0.05, 0.1) is 6.33 Å². The molecule has 1 amide bonds. The summed E-state index contributed by atoms with van der Waals surface area (Å²) in [6.45, 7) is 0.453. The zero-order valence-corrected chi connectivity index (χ0v) is 15.5. The van der Waals surface area contributed by atoms with Gasteiger partial charge in [0, 0.05) is 17.8 Å². The lowest BCUT2D eigenvalue weighted by Crippen LogP contribution is -2.17. The van der Waals surface area contributed by atoms with Crippen molar-refractivity contribution in [3.05, 3.63) is 82.4 Å². The van der Waals surface area contributed by atoms with Gasteiger partial charge in [-0.2, -0.15) is 0 Å². The van der Waals surface area contributed by atoms with Crippen molar-refractivity contribution in [1.82, 2.24) is 9.55 Å². The zero-order chi connectivity index (χ0) is 19.2. The monoisotopic (exact) mass is 403 g/mol. The van der Waals surface area contributed by atoms with Crippen LogP contribution in [0.2, 0.25) is 10.3 Å². The molecular formula is C18H15Cl2N5O2. The molecule has 0 saturated heterocycles. The maximum Gasteiger partial charge on any atom is 0.437 e. The first-order valence-corrected chi connectivity index (χ1v) is 8.60. The number of amidine groups is 1. The number of nitrogens with two attached hydrogens (primary N) is 1. The Labute approximate surface area is 165 Å². The van der Waals surface area contributed by atoms with E-state index in [2.05, 4.69) is 15.5 Å². The Morgan fingerprint density at radius 1 is 1.19 bits per heavy atom. The molecule has 0 fully saturated rings. The molecule has 1 aromatic heterocycles. The number of oxime groups is 1. The molecule has 3 rings (SSSR count). The third kappa shape index (κ3) is 4.99. The Morgan fingerprint density at radius 3 is 2.67 bits per heavy atom. The second-order valence-electron chi connectivity index (χ2n) is 5.50. The van der Waals surface area contributed by atoms with E-state index in [1.54, 1.807) is 41.2 Å². The van der Waals surface area contributed by atoms with Crippen molar-refractivity contribution in [2.24, 2.45) is 10.9 Å². The Morgan fingerprint density at radius 2 is 1.96 bits per heavy atom. The van der Waals surface area contributed by atoms with Crippen LogP contribution in [0.3, 0.4) is 0 Å². The van der Waals surface area contributed by atoms with Crippen LogP contribution in [0.1, 0.15) is 11.1 Å². The maximum absolute atomic E-state index is 11.8. The van der Waals surface area contributed by atoms with Gasteiger partial charge < -0.3 is 10.3 Å². The summed E-state index contributed by atoms with van der Waals surface area (Å²) in [5.74, 6) is 0.0647. The van der Waals surface area contributed by atoms with Crippen molar-refractivity contribution in [3.63, 3.8) is 0 Å². The number of amides is 1. The number of imidazole rings is 1. The van der Waals surface area contributed by atoms with Crippen LogP contribution in [0.25, 0.3) is 0 Å². The molecule has 27 heavy (non-hydrogen) atoms. The lowest BCUT2D eigenvalue weighted by Gasteiger charge is -2.07. The molecule has 3 aromatic rings. The number of hydrogen-bond donors (Lipinski definition) is 2. The van der Waals surface area contributed by atoms with Gasteiger partial charge in [-0.15, -0.1) is 0 Å². The summed E-state index contributed by atoms with van der Waals surface area (Å²) in [5, 5.41) is 6.81. The predicted octanol–water partition coefficient (Wildman–Crippen LogP) is 4.11. The predicted molar refractivity (Wildman–Crippen MR) is 105 cm³/mol. The molecule has 0 aliphatic carbocycles. The third-order valence-electron chi connectivity index (χ3n) is 3.56. The average Bonchev–Trinajstić information content (AvgIpc) is 2.99. The van der Waals surface area contributed by atoms with Crippen LogP contribution < -0.4 is 11.1 Å². The summed E-state index contributed by atoms with van der Waals surface area (Å²) in [5.41, 5.74) is 8.00. The molecular weight excluding hydrogens is 389 g/mol. The molecule has 0 saturated carbocycles. The molecule has 138 valence electrons. The highest BCUT2D eigenvalue weighted by molar-refractivity contribution is 6.40. The Balaban J connectivity index is 1.65. The van der Waals surface area contributed by atoms with E-state index in [1.165, 1.54) is 0 Å². The first kappa shape index (κ1) is 18.8. The second-order valence-corrected chi connectivity index (χ2v) is 6.22. The van der Waals surface area contributed by atoms with Gasteiger partial charge >= 0.3 is 6.09 Å². The third-order valence-corrected chi connectivity index (χ3v) is 4.33. The Bertz CT molecular complexity index is 973. The van der Waals surface area contributed by atoms with Gasteiger partial charge in [-0.3, -0.25) is 10.2 Å². The Hall–Kier alpha value is -3.03. The van der Waals surface area contributed by atoms with Crippen LogP contribution in [0, 0.1) is 0 Å². The number of rotatable bonds is 5. The highest BCUT2D eigenvalue weighted by atomic mass is 35.5. The molecule has 9 heteroatoms. The number of carbonyl (C=O) groups is 1. The van der Waals surface area contributed by atoms with E-state index in [4.69, 9.17) is 33.8 Å². The van der Waals surface area contributed by atoms with Gasteiger partial charge in [0.15, 0.2) is 11.0 Å². The van der Waals surface area contributed by atoms with Crippen molar-refractivity contribution < 1.29 is 9.63 Å². The summed E-state index contributed by atoms with van der Waals surface area (Å²) in [6.07, 6.45) is 0.811. The van der Waals surface area contributed by atoms with Crippen LogP contribution in [0.15, 0.2) is 66.1 Å². The van der Waals surface area contributed by atoms with Crippen molar-refractivity contribution in [2.75, 3.05) is 5.32 Å². The smallest absolute Gasteiger partial charge is 0.380 e. The zero-order valence-electron chi connectivity index (χ0n) is 14.0.